The molecule has 5 heteroatoms. The summed E-state index contributed by atoms with van der Waals surface area (Å²) in [6.07, 6.45) is 1.07. The molecule has 1 N–H and O–H groups in total. The molecule has 3 aromatic carbocycles. The van der Waals surface area contributed by atoms with Crippen LogP contribution in [0.5, 0.6) is 5.75 Å². The molecule has 0 spiro atoms. The van der Waals surface area contributed by atoms with Gasteiger partial charge in [-0.2, -0.15) is 0 Å². The first-order chi connectivity index (χ1) is 13.2. The third kappa shape index (κ3) is 4.95. The fourth-order valence-corrected chi connectivity index (χ4v) is 3.57. The van der Waals surface area contributed by atoms with Crippen molar-refractivity contribution in [1.82, 2.24) is 0 Å². The molecular weight excluding hydrogens is 358 g/mol. The summed E-state index contributed by atoms with van der Waals surface area (Å²) in [6, 6.07) is 20.3. The van der Waals surface area contributed by atoms with Gasteiger partial charge in [0.15, 0.2) is 0 Å². The van der Waals surface area contributed by atoms with E-state index in [1.54, 1.807) is 19.1 Å². The number of esters is 1. The highest BCUT2D eigenvalue weighted by Crippen LogP contribution is 2.31. The predicted octanol–water partition coefficient (Wildman–Crippen LogP) is 5.46. The molecule has 0 aliphatic carbocycles. The lowest BCUT2D eigenvalue weighted by Gasteiger charge is -2.13. The van der Waals surface area contributed by atoms with E-state index in [0.29, 0.717) is 19.4 Å². The summed E-state index contributed by atoms with van der Waals surface area (Å²) in [5, 5.41) is 2.29. The number of methoxy groups -OCH3 is 1. The lowest BCUT2D eigenvalue weighted by Crippen LogP contribution is -2.05. The topological polar surface area (TPSA) is 47.6 Å². The van der Waals surface area contributed by atoms with Crippen LogP contribution in [-0.2, 0) is 16.0 Å². The molecule has 140 valence electrons. The first kappa shape index (κ1) is 19.1. The van der Waals surface area contributed by atoms with Gasteiger partial charge in [-0.1, -0.05) is 30.3 Å². The van der Waals surface area contributed by atoms with Crippen LogP contribution in [0.25, 0.3) is 10.8 Å². The van der Waals surface area contributed by atoms with Gasteiger partial charge in [0.05, 0.1) is 19.4 Å². The Morgan fingerprint density at radius 2 is 1.74 bits per heavy atom. The van der Waals surface area contributed by atoms with E-state index >= 15 is 0 Å². The zero-order valence-electron chi connectivity index (χ0n) is 15.5. The van der Waals surface area contributed by atoms with Crippen LogP contribution in [0.3, 0.4) is 0 Å². The maximum Gasteiger partial charge on any atom is 0.306 e. The molecule has 0 saturated carbocycles. The van der Waals surface area contributed by atoms with E-state index in [-0.39, 0.29) is 5.97 Å². The van der Waals surface area contributed by atoms with Crippen molar-refractivity contribution >= 4 is 34.4 Å². The number of rotatable bonds is 8. The number of nitrogens with one attached hydrogen (secondary N) is 1. The maximum atomic E-state index is 11.7. The number of benzene rings is 3. The van der Waals surface area contributed by atoms with Crippen LogP contribution in [0.4, 0.5) is 5.69 Å². The highest BCUT2D eigenvalue weighted by atomic mass is 32.2. The Labute approximate surface area is 164 Å². The fraction of sp³-hybridized carbons (Fsp3) is 0.227. The van der Waals surface area contributed by atoms with Crippen molar-refractivity contribution < 1.29 is 14.3 Å². The maximum absolute atomic E-state index is 11.7. The standard InChI is InChI=1S/C22H23NO3S/c1-3-26-22(24)15-9-16-8-14-21(20-7-5-4-6-19(16)20)23-27-18-12-10-17(25-2)11-13-18/h4-8,10-14,23H,3,9,15H2,1-2H3. The Kier molecular flexibility index (Phi) is 6.60. The summed E-state index contributed by atoms with van der Waals surface area (Å²) >= 11 is 1.56. The van der Waals surface area contributed by atoms with Crippen LogP contribution in [0.15, 0.2) is 65.6 Å². The second kappa shape index (κ2) is 9.33. The monoisotopic (exact) mass is 381 g/mol. The third-order valence-corrected chi connectivity index (χ3v) is 5.09. The number of carbonyl (C=O) groups excluding carboxylic acids is 1. The largest absolute Gasteiger partial charge is 0.497 e. The summed E-state index contributed by atoms with van der Waals surface area (Å²) in [7, 11) is 1.66. The van der Waals surface area contributed by atoms with E-state index in [4.69, 9.17) is 9.47 Å². The van der Waals surface area contributed by atoms with Crippen LogP contribution < -0.4 is 9.46 Å². The number of carbonyl (C=O) groups is 1. The normalized spacial score (nSPS) is 10.6. The molecule has 0 heterocycles. The molecule has 0 atom stereocenters. The van der Waals surface area contributed by atoms with Gasteiger partial charge in [0, 0.05) is 16.7 Å². The first-order valence-electron chi connectivity index (χ1n) is 8.94. The van der Waals surface area contributed by atoms with Gasteiger partial charge in [0.25, 0.3) is 0 Å². The number of aryl methyl sites for hydroxylation is 1. The Morgan fingerprint density at radius 1 is 1.00 bits per heavy atom. The molecule has 0 aliphatic heterocycles. The van der Waals surface area contributed by atoms with Crippen molar-refractivity contribution in [3.63, 3.8) is 0 Å². The predicted molar refractivity (Wildman–Crippen MR) is 111 cm³/mol. The minimum Gasteiger partial charge on any atom is -0.497 e. The SMILES string of the molecule is CCOC(=O)CCc1ccc(NSc2ccc(OC)cc2)c2ccccc12. The van der Waals surface area contributed by atoms with Gasteiger partial charge in [-0.25, -0.2) is 0 Å². The van der Waals surface area contributed by atoms with E-state index in [1.165, 1.54) is 0 Å². The zero-order chi connectivity index (χ0) is 19.1. The number of ether oxygens (including phenoxy) is 2. The zero-order valence-corrected chi connectivity index (χ0v) is 16.3. The molecular formula is C22H23NO3S. The number of hydrogen-bond donors (Lipinski definition) is 1. The summed E-state index contributed by atoms with van der Waals surface area (Å²) in [5.74, 6) is 0.689. The van der Waals surface area contributed by atoms with E-state index in [9.17, 15) is 4.79 Å². The smallest absolute Gasteiger partial charge is 0.306 e. The van der Waals surface area contributed by atoms with Gasteiger partial charge in [0.2, 0.25) is 0 Å². The lowest BCUT2D eigenvalue weighted by molar-refractivity contribution is -0.143. The molecule has 0 unspecified atom stereocenters. The summed E-state index contributed by atoms with van der Waals surface area (Å²) in [4.78, 5) is 12.8. The second-order valence-corrected chi connectivity index (χ2v) is 6.88. The molecule has 3 rings (SSSR count). The van der Waals surface area contributed by atoms with E-state index in [0.717, 1.165) is 32.7 Å². The average Bonchev–Trinajstić information content (AvgIpc) is 2.71. The minimum atomic E-state index is -0.154. The molecule has 4 nitrogen and oxygen atoms in total. The Balaban J connectivity index is 1.76. The van der Waals surface area contributed by atoms with E-state index in [2.05, 4.69) is 29.0 Å². The number of hydrogen-bond acceptors (Lipinski definition) is 5. The van der Waals surface area contributed by atoms with Crippen molar-refractivity contribution in [2.24, 2.45) is 0 Å². The van der Waals surface area contributed by atoms with Gasteiger partial charge < -0.3 is 14.2 Å². The molecule has 0 radical (unpaired) electrons. The van der Waals surface area contributed by atoms with Crippen molar-refractivity contribution in [2.75, 3.05) is 18.4 Å². The quantitative estimate of drug-likeness (QED) is 0.414. The van der Waals surface area contributed by atoms with Crippen LogP contribution in [-0.4, -0.2) is 19.7 Å². The van der Waals surface area contributed by atoms with Gasteiger partial charge in [-0.15, -0.1) is 0 Å². The Morgan fingerprint density at radius 3 is 2.44 bits per heavy atom. The molecule has 0 saturated heterocycles. The Bertz CT molecular complexity index is 909. The van der Waals surface area contributed by atoms with Gasteiger partial charge in [0.1, 0.15) is 5.75 Å². The first-order valence-corrected chi connectivity index (χ1v) is 9.76. The van der Waals surface area contributed by atoms with E-state index in [1.807, 2.05) is 43.3 Å². The second-order valence-electron chi connectivity index (χ2n) is 6.00. The molecule has 27 heavy (non-hydrogen) atoms. The third-order valence-electron chi connectivity index (χ3n) is 4.26. The van der Waals surface area contributed by atoms with Crippen molar-refractivity contribution in [3.05, 3.63) is 66.2 Å². The molecule has 0 amide bonds. The van der Waals surface area contributed by atoms with Gasteiger partial charge >= 0.3 is 5.97 Å². The van der Waals surface area contributed by atoms with E-state index < -0.39 is 0 Å². The van der Waals surface area contributed by atoms with Gasteiger partial charge in [-0.3, -0.25) is 4.79 Å². The molecule has 0 aliphatic rings. The fourth-order valence-electron chi connectivity index (χ4n) is 2.90. The average molecular weight is 381 g/mol. The lowest BCUT2D eigenvalue weighted by atomic mass is 10.00. The van der Waals surface area contributed by atoms with Crippen LogP contribution >= 0.6 is 11.9 Å². The molecule has 3 aromatic rings. The molecule has 0 bridgehead atoms. The summed E-state index contributed by atoms with van der Waals surface area (Å²) in [5.41, 5.74) is 2.20. The summed E-state index contributed by atoms with van der Waals surface area (Å²) in [6.45, 7) is 2.25. The number of anilines is 1. The van der Waals surface area contributed by atoms with Gasteiger partial charge in [-0.05, 0) is 66.6 Å². The summed E-state index contributed by atoms with van der Waals surface area (Å²) < 4.78 is 13.7. The minimum absolute atomic E-state index is 0.154. The highest BCUT2D eigenvalue weighted by Gasteiger charge is 2.09. The van der Waals surface area contributed by atoms with Crippen molar-refractivity contribution in [3.8, 4) is 5.75 Å². The molecule has 0 fully saturated rings. The highest BCUT2D eigenvalue weighted by molar-refractivity contribution is 8.00. The van der Waals surface area contributed by atoms with Crippen LogP contribution in [0.2, 0.25) is 0 Å². The Hall–Kier alpha value is -2.66. The van der Waals surface area contributed by atoms with Crippen molar-refractivity contribution in [1.29, 1.82) is 0 Å². The molecule has 0 aromatic heterocycles. The van der Waals surface area contributed by atoms with Crippen LogP contribution in [0, 0.1) is 0 Å². The van der Waals surface area contributed by atoms with Crippen molar-refractivity contribution in [2.45, 2.75) is 24.7 Å². The number of fused-ring (bicyclic) bond motifs is 1. The van der Waals surface area contributed by atoms with Crippen LogP contribution in [0.1, 0.15) is 18.9 Å².